The van der Waals surface area contributed by atoms with Gasteiger partial charge in [-0.3, -0.25) is 4.79 Å². The van der Waals surface area contributed by atoms with Crippen LogP contribution in [0.3, 0.4) is 0 Å². The predicted molar refractivity (Wildman–Crippen MR) is 98.8 cm³/mol. The zero-order valence-electron chi connectivity index (χ0n) is 13.4. The first-order valence-corrected chi connectivity index (χ1v) is 8.95. The highest BCUT2D eigenvalue weighted by atomic mass is 35.5. The Morgan fingerprint density at radius 3 is 2.69 bits per heavy atom. The number of carbonyl (C=O) groups excluding carboxylic acids is 1. The predicted octanol–water partition coefficient (Wildman–Crippen LogP) is 4.21. The summed E-state index contributed by atoms with van der Waals surface area (Å²) in [5, 5.41) is 14.3. The van der Waals surface area contributed by atoms with E-state index in [1.807, 2.05) is 0 Å². The molecule has 6 nitrogen and oxygen atoms in total. The molecule has 2 N–H and O–H groups in total. The van der Waals surface area contributed by atoms with Gasteiger partial charge in [-0.05, 0) is 36.4 Å². The van der Waals surface area contributed by atoms with Crippen molar-refractivity contribution in [3.8, 4) is 0 Å². The van der Waals surface area contributed by atoms with Gasteiger partial charge in [0, 0.05) is 5.69 Å². The summed E-state index contributed by atoms with van der Waals surface area (Å²) in [4.78, 5) is 12.0. The lowest BCUT2D eigenvalue weighted by Gasteiger charge is -2.05. The van der Waals surface area contributed by atoms with Gasteiger partial charge in [-0.15, -0.1) is 10.2 Å². The molecule has 0 radical (unpaired) electrons. The Bertz CT molecular complexity index is 888. The van der Waals surface area contributed by atoms with Crippen molar-refractivity contribution in [3.05, 3.63) is 65.3 Å². The maximum absolute atomic E-state index is 12.9. The van der Waals surface area contributed by atoms with Gasteiger partial charge in [0.2, 0.25) is 11.8 Å². The molecule has 0 unspecified atom stereocenters. The number of rotatable bonds is 7. The van der Waals surface area contributed by atoms with E-state index in [4.69, 9.17) is 16.0 Å². The Balaban J connectivity index is 1.46. The molecule has 1 aromatic heterocycles. The standard InChI is InChI=1S/C17H14ClFN4O2S/c18-13-3-1-2-4-14(13)21-15(24)10-26-17-23-22-16(25-17)9-20-12-7-5-11(19)6-8-12/h1-8,20H,9-10H2,(H,21,24). The molecule has 0 aliphatic heterocycles. The number of thioether (sulfide) groups is 1. The second kappa shape index (κ2) is 8.68. The lowest BCUT2D eigenvalue weighted by molar-refractivity contribution is -0.113. The van der Waals surface area contributed by atoms with Crippen LogP contribution in [-0.2, 0) is 11.3 Å². The van der Waals surface area contributed by atoms with Gasteiger partial charge in [0.1, 0.15) is 5.82 Å². The summed E-state index contributed by atoms with van der Waals surface area (Å²) in [5.41, 5.74) is 1.28. The fourth-order valence-corrected chi connectivity index (χ4v) is 2.75. The average molecular weight is 393 g/mol. The second-order valence-corrected chi connectivity index (χ2v) is 6.47. The van der Waals surface area contributed by atoms with Crippen LogP contribution >= 0.6 is 23.4 Å². The van der Waals surface area contributed by atoms with Crippen molar-refractivity contribution < 1.29 is 13.6 Å². The van der Waals surface area contributed by atoms with E-state index in [-0.39, 0.29) is 22.7 Å². The van der Waals surface area contributed by atoms with E-state index in [0.717, 1.165) is 17.4 Å². The molecule has 2 aromatic carbocycles. The van der Waals surface area contributed by atoms with Crippen LogP contribution in [0.25, 0.3) is 0 Å². The molecule has 0 spiro atoms. The smallest absolute Gasteiger partial charge is 0.277 e. The highest BCUT2D eigenvalue weighted by molar-refractivity contribution is 7.99. The Hall–Kier alpha value is -2.58. The summed E-state index contributed by atoms with van der Waals surface area (Å²) >= 11 is 7.12. The molecule has 134 valence electrons. The molecule has 3 rings (SSSR count). The highest BCUT2D eigenvalue weighted by Crippen LogP contribution is 2.22. The highest BCUT2D eigenvalue weighted by Gasteiger charge is 2.11. The van der Waals surface area contributed by atoms with Gasteiger partial charge in [0.25, 0.3) is 5.22 Å². The SMILES string of the molecule is O=C(CSc1nnc(CNc2ccc(F)cc2)o1)Nc1ccccc1Cl. The molecule has 3 aromatic rings. The van der Waals surface area contributed by atoms with Crippen LogP contribution in [0.15, 0.2) is 58.2 Å². The van der Waals surface area contributed by atoms with Gasteiger partial charge in [0.15, 0.2) is 0 Å². The van der Waals surface area contributed by atoms with Gasteiger partial charge < -0.3 is 15.1 Å². The number of carbonyl (C=O) groups is 1. The number of benzene rings is 2. The number of para-hydroxylation sites is 1. The third-order valence-corrected chi connectivity index (χ3v) is 4.36. The quantitative estimate of drug-likeness (QED) is 0.586. The number of halogens is 2. The Labute approximate surface area is 158 Å². The molecular formula is C17H14ClFN4O2S. The Morgan fingerprint density at radius 2 is 1.92 bits per heavy atom. The van der Waals surface area contributed by atoms with Crippen molar-refractivity contribution in [2.75, 3.05) is 16.4 Å². The summed E-state index contributed by atoms with van der Waals surface area (Å²) < 4.78 is 18.3. The molecule has 0 aliphatic rings. The summed E-state index contributed by atoms with van der Waals surface area (Å²) in [7, 11) is 0. The lowest BCUT2D eigenvalue weighted by atomic mass is 10.3. The second-order valence-electron chi connectivity index (χ2n) is 5.14. The van der Waals surface area contributed by atoms with Crippen LogP contribution in [-0.4, -0.2) is 21.9 Å². The minimum absolute atomic E-state index is 0.109. The van der Waals surface area contributed by atoms with Crippen molar-refractivity contribution in [2.24, 2.45) is 0 Å². The van der Waals surface area contributed by atoms with Crippen molar-refractivity contribution in [2.45, 2.75) is 11.8 Å². The summed E-state index contributed by atoms with van der Waals surface area (Å²) in [6.45, 7) is 0.297. The zero-order chi connectivity index (χ0) is 18.4. The normalized spacial score (nSPS) is 10.5. The third-order valence-electron chi connectivity index (χ3n) is 3.21. The Morgan fingerprint density at radius 1 is 1.15 bits per heavy atom. The fourth-order valence-electron chi connectivity index (χ4n) is 1.99. The number of aromatic nitrogens is 2. The molecule has 9 heteroatoms. The minimum atomic E-state index is -0.304. The first-order chi connectivity index (χ1) is 12.6. The number of amides is 1. The molecule has 1 heterocycles. The van der Waals surface area contributed by atoms with E-state index >= 15 is 0 Å². The molecule has 1 amide bonds. The van der Waals surface area contributed by atoms with Gasteiger partial charge >= 0.3 is 0 Å². The van der Waals surface area contributed by atoms with Crippen LogP contribution in [0.2, 0.25) is 5.02 Å². The van der Waals surface area contributed by atoms with Gasteiger partial charge in [-0.25, -0.2) is 4.39 Å². The number of hydrogen-bond acceptors (Lipinski definition) is 6. The van der Waals surface area contributed by atoms with Gasteiger partial charge in [-0.1, -0.05) is 35.5 Å². The van der Waals surface area contributed by atoms with E-state index in [1.165, 1.54) is 12.1 Å². The third kappa shape index (κ3) is 5.21. The van der Waals surface area contributed by atoms with Crippen LogP contribution in [0, 0.1) is 5.82 Å². The van der Waals surface area contributed by atoms with Crippen molar-refractivity contribution in [3.63, 3.8) is 0 Å². The zero-order valence-corrected chi connectivity index (χ0v) is 15.0. The van der Waals surface area contributed by atoms with Crippen molar-refractivity contribution in [1.29, 1.82) is 0 Å². The van der Waals surface area contributed by atoms with Crippen LogP contribution in [0.5, 0.6) is 0 Å². The fraction of sp³-hybridized carbons (Fsp3) is 0.118. The summed E-state index contributed by atoms with van der Waals surface area (Å²) in [6.07, 6.45) is 0. The largest absolute Gasteiger partial charge is 0.414 e. The maximum atomic E-state index is 12.9. The summed E-state index contributed by atoms with van der Waals surface area (Å²) in [6, 6.07) is 12.9. The van der Waals surface area contributed by atoms with Crippen molar-refractivity contribution in [1.82, 2.24) is 10.2 Å². The maximum Gasteiger partial charge on any atom is 0.277 e. The topological polar surface area (TPSA) is 80.1 Å². The number of hydrogen-bond donors (Lipinski definition) is 2. The van der Waals surface area contributed by atoms with Crippen LogP contribution in [0.4, 0.5) is 15.8 Å². The Kier molecular flexibility index (Phi) is 6.08. The number of nitrogens with one attached hydrogen (secondary N) is 2. The molecule has 26 heavy (non-hydrogen) atoms. The van der Waals surface area contributed by atoms with E-state index in [1.54, 1.807) is 36.4 Å². The molecule has 0 aliphatic carbocycles. The molecule has 0 fully saturated rings. The molecule has 0 bridgehead atoms. The van der Waals surface area contributed by atoms with E-state index in [0.29, 0.717) is 23.1 Å². The molecule has 0 atom stereocenters. The molecule has 0 saturated heterocycles. The molecular weight excluding hydrogens is 379 g/mol. The summed E-state index contributed by atoms with van der Waals surface area (Å²) in [5.74, 6) is -0.0594. The first-order valence-electron chi connectivity index (χ1n) is 7.59. The van der Waals surface area contributed by atoms with Crippen LogP contribution in [0.1, 0.15) is 5.89 Å². The van der Waals surface area contributed by atoms with Gasteiger partial charge in [-0.2, -0.15) is 0 Å². The lowest BCUT2D eigenvalue weighted by Crippen LogP contribution is -2.14. The first kappa shape index (κ1) is 18.2. The number of anilines is 2. The van der Waals surface area contributed by atoms with Gasteiger partial charge in [0.05, 0.1) is 23.0 Å². The monoisotopic (exact) mass is 392 g/mol. The molecule has 0 saturated carbocycles. The number of nitrogens with zero attached hydrogens (tertiary/aromatic N) is 2. The van der Waals surface area contributed by atoms with Crippen LogP contribution < -0.4 is 10.6 Å². The average Bonchev–Trinajstić information content (AvgIpc) is 3.09. The van der Waals surface area contributed by atoms with Crippen molar-refractivity contribution >= 4 is 40.6 Å². The van der Waals surface area contributed by atoms with E-state index in [9.17, 15) is 9.18 Å². The minimum Gasteiger partial charge on any atom is -0.414 e. The van der Waals surface area contributed by atoms with E-state index in [2.05, 4.69) is 20.8 Å². The van der Waals surface area contributed by atoms with E-state index < -0.39 is 0 Å².